The van der Waals surface area contributed by atoms with Gasteiger partial charge in [-0.25, -0.2) is 0 Å². The fraction of sp³-hybridized carbons (Fsp3) is 0. The van der Waals surface area contributed by atoms with Crippen LogP contribution in [0.5, 0.6) is 5.75 Å². The smallest absolute Gasteiger partial charge is 0.294 e. The quantitative estimate of drug-likeness (QED) is 0.503. The third kappa shape index (κ3) is 2.51. The molecule has 0 aromatic heterocycles. The zero-order valence-electron chi connectivity index (χ0n) is 8.74. The Labute approximate surface area is 113 Å². The van der Waals surface area contributed by atoms with Gasteiger partial charge in [-0.05, 0) is 28.8 Å². The second kappa shape index (κ2) is 5.03. The van der Waals surface area contributed by atoms with Crippen molar-refractivity contribution in [1.29, 1.82) is 0 Å². The molecule has 0 atom stereocenters. The maximum Gasteiger partial charge on any atom is 0.294 e. The van der Waals surface area contributed by atoms with E-state index >= 15 is 0 Å². The van der Waals surface area contributed by atoms with Gasteiger partial charge in [-0.15, -0.1) is 4.91 Å². The van der Waals surface area contributed by atoms with Gasteiger partial charge in [0.25, 0.3) is 10.1 Å². The first kappa shape index (κ1) is 14.6. The molecule has 2 aromatic carbocycles. The molecule has 0 aliphatic rings. The molecule has 95 valence electrons. The van der Waals surface area contributed by atoms with Gasteiger partial charge >= 0.3 is 0 Å². The van der Waals surface area contributed by atoms with Gasteiger partial charge in [0, 0.05) is 22.5 Å². The van der Waals surface area contributed by atoms with Crippen LogP contribution in [0.25, 0.3) is 10.8 Å². The third-order valence-electron chi connectivity index (χ3n) is 2.33. The van der Waals surface area contributed by atoms with Crippen molar-refractivity contribution in [3.63, 3.8) is 0 Å². The molecule has 1 radical (unpaired) electrons. The molecule has 0 unspecified atom stereocenters. The van der Waals surface area contributed by atoms with Gasteiger partial charge in [-0.1, -0.05) is 12.1 Å². The molecular formula is C10H7MnNO5S. The molecule has 0 saturated heterocycles. The van der Waals surface area contributed by atoms with Crippen molar-refractivity contribution in [3.8, 4) is 5.75 Å². The average Bonchev–Trinajstić information content (AvgIpc) is 2.27. The molecule has 2 aromatic rings. The van der Waals surface area contributed by atoms with Crippen LogP contribution in [0, 0.1) is 4.91 Å². The van der Waals surface area contributed by atoms with E-state index in [1.165, 1.54) is 24.3 Å². The van der Waals surface area contributed by atoms with Crippen LogP contribution in [0.1, 0.15) is 0 Å². The monoisotopic (exact) mass is 308 g/mol. The molecule has 0 saturated carbocycles. The Hall–Kier alpha value is -1.47. The van der Waals surface area contributed by atoms with E-state index in [1.54, 1.807) is 0 Å². The van der Waals surface area contributed by atoms with E-state index in [9.17, 15) is 18.4 Å². The number of phenols is 1. The molecule has 0 spiro atoms. The summed E-state index contributed by atoms with van der Waals surface area (Å²) >= 11 is 0. The Bertz CT molecular complexity index is 714. The molecule has 8 heteroatoms. The maximum atomic E-state index is 10.9. The predicted octanol–water partition coefficient (Wildman–Crippen LogP) is 2.19. The van der Waals surface area contributed by atoms with Crippen molar-refractivity contribution in [2.24, 2.45) is 5.18 Å². The Balaban J connectivity index is 0.00000162. The number of hydrogen-bond donors (Lipinski definition) is 2. The van der Waals surface area contributed by atoms with E-state index in [2.05, 4.69) is 5.18 Å². The summed E-state index contributed by atoms with van der Waals surface area (Å²) < 4.78 is 30.7. The summed E-state index contributed by atoms with van der Waals surface area (Å²) in [6.07, 6.45) is 0. The van der Waals surface area contributed by atoms with E-state index in [4.69, 9.17) is 4.55 Å². The normalized spacial score (nSPS) is 10.9. The van der Waals surface area contributed by atoms with Gasteiger partial charge in [0.2, 0.25) is 0 Å². The molecule has 6 nitrogen and oxygen atoms in total. The zero-order chi connectivity index (χ0) is 12.6. The van der Waals surface area contributed by atoms with Crippen LogP contribution >= 0.6 is 0 Å². The van der Waals surface area contributed by atoms with Crippen LogP contribution in [0.3, 0.4) is 0 Å². The molecule has 0 aliphatic heterocycles. The first-order valence-corrected chi connectivity index (χ1v) is 5.94. The zero-order valence-corrected chi connectivity index (χ0v) is 10.7. The number of benzene rings is 2. The van der Waals surface area contributed by atoms with Crippen LogP contribution in [0.2, 0.25) is 0 Å². The largest absolute Gasteiger partial charge is 0.506 e. The summed E-state index contributed by atoms with van der Waals surface area (Å²) in [7, 11) is -4.30. The summed E-state index contributed by atoms with van der Waals surface area (Å²) in [4.78, 5) is 10.3. The molecule has 0 heterocycles. The summed E-state index contributed by atoms with van der Waals surface area (Å²) in [6, 6.07) is 6.28. The molecule has 2 rings (SSSR count). The van der Waals surface area contributed by atoms with Crippen LogP contribution in [-0.4, -0.2) is 18.1 Å². The van der Waals surface area contributed by atoms with Crippen LogP contribution < -0.4 is 0 Å². The fourth-order valence-electron chi connectivity index (χ4n) is 1.54. The van der Waals surface area contributed by atoms with Crippen molar-refractivity contribution >= 4 is 26.6 Å². The summed E-state index contributed by atoms with van der Waals surface area (Å²) in [5, 5.41) is 12.7. The summed E-state index contributed by atoms with van der Waals surface area (Å²) in [5.74, 6) is -0.285. The van der Waals surface area contributed by atoms with Crippen LogP contribution in [-0.2, 0) is 27.2 Å². The Morgan fingerprint density at radius 2 is 1.78 bits per heavy atom. The number of phenolic OH excluding ortho intramolecular Hbond substituents is 1. The van der Waals surface area contributed by atoms with Gasteiger partial charge in [-0.2, -0.15) is 8.42 Å². The van der Waals surface area contributed by atoms with E-state index in [0.717, 1.165) is 6.07 Å². The molecule has 0 aliphatic carbocycles. The molecule has 0 bridgehead atoms. The molecule has 0 fully saturated rings. The van der Waals surface area contributed by atoms with Crippen molar-refractivity contribution in [1.82, 2.24) is 0 Å². The second-order valence-corrected chi connectivity index (χ2v) is 4.80. The van der Waals surface area contributed by atoms with Gasteiger partial charge in [0.15, 0.2) is 5.69 Å². The minimum absolute atomic E-state index is 0. The minimum Gasteiger partial charge on any atom is -0.506 e. The van der Waals surface area contributed by atoms with Crippen LogP contribution in [0.4, 0.5) is 5.69 Å². The van der Waals surface area contributed by atoms with E-state index < -0.39 is 10.1 Å². The van der Waals surface area contributed by atoms with Gasteiger partial charge in [0.05, 0.1) is 4.90 Å². The average molecular weight is 308 g/mol. The third-order valence-corrected chi connectivity index (χ3v) is 3.18. The molecular weight excluding hydrogens is 301 g/mol. The first-order valence-electron chi connectivity index (χ1n) is 4.50. The first-order chi connectivity index (χ1) is 7.93. The van der Waals surface area contributed by atoms with E-state index in [0.29, 0.717) is 10.8 Å². The van der Waals surface area contributed by atoms with Gasteiger partial charge in [0.1, 0.15) is 5.75 Å². The SMILES string of the molecule is O=Nc1c(O)ccc2cc(S(=O)(=O)O)ccc12.[Mn]. The Kier molecular flexibility index (Phi) is 4.08. The number of fused-ring (bicyclic) bond motifs is 1. The second-order valence-electron chi connectivity index (χ2n) is 3.38. The number of hydrogen-bond acceptors (Lipinski definition) is 5. The van der Waals surface area contributed by atoms with E-state index in [-0.39, 0.29) is 33.4 Å². The van der Waals surface area contributed by atoms with Crippen molar-refractivity contribution in [2.45, 2.75) is 4.90 Å². The van der Waals surface area contributed by atoms with Gasteiger partial charge in [-0.3, -0.25) is 4.55 Å². The van der Waals surface area contributed by atoms with Crippen molar-refractivity contribution in [2.75, 3.05) is 0 Å². The Morgan fingerprint density at radius 1 is 1.11 bits per heavy atom. The molecule has 18 heavy (non-hydrogen) atoms. The van der Waals surface area contributed by atoms with E-state index in [1.807, 2.05) is 0 Å². The topological polar surface area (TPSA) is 104 Å². The minimum atomic E-state index is -4.30. The van der Waals surface area contributed by atoms with Gasteiger partial charge < -0.3 is 5.11 Å². The van der Waals surface area contributed by atoms with Crippen molar-refractivity contribution < 1.29 is 35.1 Å². The predicted molar refractivity (Wildman–Crippen MR) is 60.9 cm³/mol. The summed E-state index contributed by atoms with van der Waals surface area (Å²) in [5.41, 5.74) is -0.163. The molecule has 2 N–H and O–H groups in total. The van der Waals surface area contributed by atoms with Crippen molar-refractivity contribution in [3.05, 3.63) is 35.2 Å². The van der Waals surface area contributed by atoms with Crippen LogP contribution in [0.15, 0.2) is 40.4 Å². The Morgan fingerprint density at radius 3 is 2.33 bits per heavy atom. The number of nitroso groups, excluding NO2 is 1. The standard InChI is InChI=1S/C10H7NO5S.Mn/c12-9-4-1-6-5-7(17(14,15)16)2-3-8(6)10(9)11-13;/h1-5,12H,(H,14,15,16);. The number of rotatable bonds is 2. The number of nitrogens with zero attached hydrogens (tertiary/aromatic N) is 1. The number of aromatic hydroxyl groups is 1. The molecule has 0 amide bonds. The fourth-order valence-corrected chi connectivity index (χ4v) is 2.05. The maximum absolute atomic E-state index is 10.9. The summed E-state index contributed by atoms with van der Waals surface area (Å²) in [6.45, 7) is 0.